The van der Waals surface area contributed by atoms with Gasteiger partial charge in [0.15, 0.2) is 0 Å². The van der Waals surface area contributed by atoms with Gasteiger partial charge in [-0.15, -0.1) is 0 Å². The molecule has 106 valence electrons. The minimum absolute atomic E-state index is 0.114. The maximum absolute atomic E-state index is 11.3. The van der Waals surface area contributed by atoms with Gasteiger partial charge in [0.05, 0.1) is 6.34 Å². The molecular weight excluding hydrogens is 228 g/mol. The summed E-state index contributed by atoms with van der Waals surface area (Å²) in [6, 6.07) is 0. The molecule has 0 saturated carbocycles. The van der Waals surface area contributed by atoms with Gasteiger partial charge < -0.3 is 15.5 Å². The molecule has 5 heteroatoms. The highest BCUT2D eigenvalue weighted by Gasteiger charge is 2.21. The predicted octanol–water partition coefficient (Wildman–Crippen LogP) is 1.15. The van der Waals surface area contributed by atoms with Gasteiger partial charge in [0.25, 0.3) is 0 Å². The predicted molar refractivity (Wildman–Crippen MR) is 76.5 cm³/mol. The van der Waals surface area contributed by atoms with Gasteiger partial charge in [-0.2, -0.15) is 0 Å². The van der Waals surface area contributed by atoms with Gasteiger partial charge in [-0.25, -0.2) is 0 Å². The van der Waals surface area contributed by atoms with Gasteiger partial charge in [0.2, 0.25) is 6.41 Å². The fourth-order valence-electron chi connectivity index (χ4n) is 2.16. The zero-order valence-corrected chi connectivity index (χ0v) is 12.2. The first-order valence-electron chi connectivity index (χ1n) is 6.69. The van der Waals surface area contributed by atoms with Crippen molar-refractivity contribution in [3.8, 4) is 0 Å². The number of rotatable bonds is 10. The molecule has 0 rings (SSSR count). The first kappa shape index (κ1) is 16.9. The van der Waals surface area contributed by atoms with E-state index in [1.54, 1.807) is 18.3 Å². The smallest absolute Gasteiger partial charge is 0.211 e. The molecule has 0 aliphatic carbocycles. The van der Waals surface area contributed by atoms with E-state index in [-0.39, 0.29) is 6.17 Å². The zero-order chi connectivity index (χ0) is 14.0. The summed E-state index contributed by atoms with van der Waals surface area (Å²) in [6.07, 6.45) is 5.86. The van der Waals surface area contributed by atoms with E-state index >= 15 is 0 Å². The Kier molecular flexibility index (Phi) is 9.28. The van der Waals surface area contributed by atoms with Gasteiger partial charge >= 0.3 is 0 Å². The average molecular weight is 256 g/mol. The Morgan fingerprint density at radius 1 is 1.39 bits per heavy atom. The van der Waals surface area contributed by atoms with E-state index in [0.29, 0.717) is 12.5 Å². The Morgan fingerprint density at radius 2 is 2.06 bits per heavy atom. The Bertz CT molecular complexity index is 245. The average Bonchev–Trinajstić information content (AvgIpc) is 2.37. The Hall–Kier alpha value is -1.10. The van der Waals surface area contributed by atoms with Crippen LogP contribution in [0.25, 0.3) is 0 Å². The molecule has 0 saturated heterocycles. The summed E-state index contributed by atoms with van der Waals surface area (Å²) in [5.41, 5.74) is 5.77. The lowest BCUT2D eigenvalue weighted by Crippen LogP contribution is -2.51. The Labute approximate surface area is 111 Å². The first-order valence-corrected chi connectivity index (χ1v) is 6.69. The molecule has 18 heavy (non-hydrogen) atoms. The quantitative estimate of drug-likeness (QED) is 0.276. The molecule has 0 heterocycles. The lowest BCUT2D eigenvalue weighted by Gasteiger charge is -2.35. The van der Waals surface area contributed by atoms with Gasteiger partial charge in [0.1, 0.15) is 6.17 Å². The van der Waals surface area contributed by atoms with Crippen LogP contribution in [0.15, 0.2) is 4.99 Å². The molecule has 0 aromatic rings. The zero-order valence-electron chi connectivity index (χ0n) is 12.2. The fourth-order valence-corrected chi connectivity index (χ4v) is 2.16. The van der Waals surface area contributed by atoms with Gasteiger partial charge in [-0.3, -0.25) is 9.79 Å². The van der Waals surface area contributed by atoms with Gasteiger partial charge in [0, 0.05) is 27.2 Å². The van der Waals surface area contributed by atoms with Gasteiger partial charge in [-0.1, -0.05) is 26.7 Å². The summed E-state index contributed by atoms with van der Waals surface area (Å²) in [5.74, 6) is 0.543. The molecule has 2 unspecified atom stereocenters. The number of amides is 1. The normalized spacial score (nSPS) is 14.5. The SMILES string of the molecule is CCCC(CC)CN(C=O)C(CN)N(C)C=NC. The van der Waals surface area contributed by atoms with E-state index in [4.69, 9.17) is 5.73 Å². The van der Waals surface area contributed by atoms with Crippen molar-refractivity contribution >= 4 is 12.7 Å². The number of carbonyl (C=O) groups is 1. The second-order valence-corrected chi connectivity index (χ2v) is 4.62. The summed E-state index contributed by atoms with van der Waals surface area (Å²) in [7, 11) is 3.60. The van der Waals surface area contributed by atoms with Crippen LogP contribution < -0.4 is 5.73 Å². The van der Waals surface area contributed by atoms with Crippen molar-refractivity contribution in [1.29, 1.82) is 0 Å². The topological polar surface area (TPSA) is 61.9 Å². The minimum Gasteiger partial charge on any atom is -0.344 e. The molecule has 1 amide bonds. The third-order valence-electron chi connectivity index (χ3n) is 3.24. The van der Waals surface area contributed by atoms with E-state index < -0.39 is 0 Å². The van der Waals surface area contributed by atoms with E-state index in [1.807, 2.05) is 11.9 Å². The molecule has 0 radical (unpaired) electrons. The Morgan fingerprint density at radius 3 is 2.44 bits per heavy atom. The van der Waals surface area contributed by atoms with Crippen molar-refractivity contribution in [3.63, 3.8) is 0 Å². The maximum Gasteiger partial charge on any atom is 0.211 e. The van der Waals surface area contributed by atoms with Crippen molar-refractivity contribution in [2.45, 2.75) is 39.3 Å². The summed E-state index contributed by atoms with van der Waals surface area (Å²) < 4.78 is 0. The van der Waals surface area contributed by atoms with Crippen molar-refractivity contribution in [2.24, 2.45) is 16.6 Å². The van der Waals surface area contributed by atoms with Crippen molar-refractivity contribution < 1.29 is 4.79 Å². The Balaban J connectivity index is 4.64. The number of hydrogen-bond acceptors (Lipinski definition) is 3. The second kappa shape index (κ2) is 9.88. The third kappa shape index (κ3) is 5.49. The number of hydrogen-bond donors (Lipinski definition) is 1. The van der Waals surface area contributed by atoms with Crippen LogP contribution in [0.3, 0.4) is 0 Å². The van der Waals surface area contributed by atoms with Crippen molar-refractivity contribution in [3.05, 3.63) is 0 Å². The molecule has 5 nitrogen and oxygen atoms in total. The van der Waals surface area contributed by atoms with E-state index in [1.165, 1.54) is 0 Å². The molecule has 0 bridgehead atoms. The number of aliphatic imine (C=N–C) groups is 1. The highest BCUT2D eigenvalue weighted by molar-refractivity contribution is 5.56. The van der Waals surface area contributed by atoms with E-state index in [0.717, 1.165) is 32.2 Å². The third-order valence-corrected chi connectivity index (χ3v) is 3.24. The number of nitrogens with two attached hydrogens (primary N) is 1. The summed E-state index contributed by atoms with van der Waals surface area (Å²) in [5, 5.41) is 0. The van der Waals surface area contributed by atoms with Crippen LogP contribution in [0.4, 0.5) is 0 Å². The highest BCUT2D eigenvalue weighted by atomic mass is 16.1. The summed E-state index contributed by atoms with van der Waals surface area (Å²) in [4.78, 5) is 18.9. The fraction of sp³-hybridized carbons (Fsp3) is 0.846. The molecule has 0 fully saturated rings. The molecular formula is C13H28N4O. The molecule has 2 atom stereocenters. The van der Waals surface area contributed by atoms with Crippen molar-refractivity contribution in [2.75, 3.05) is 27.2 Å². The van der Waals surface area contributed by atoms with Crippen LogP contribution in [0.2, 0.25) is 0 Å². The van der Waals surface area contributed by atoms with Crippen LogP contribution in [0.1, 0.15) is 33.1 Å². The van der Waals surface area contributed by atoms with Crippen LogP contribution in [0.5, 0.6) is 0 Å². The first-order chi connectivity index (χ1) is 8.64. The van der Waals surface area contributed by atoms with Crippen LogP contribution in [-0.2, 0) is 4.79 Å². The number of nitrogens with zero attached hydrogens (tertiary/aromatic N) is 3. The molecule has 0 aliphatic heterocycles. The maximum atomic E-state index is 11.3. The molecule has 0 aromatic heterocycles. The molecule has 0 aliphatic rings. The van der Waals surface area contributed by atoms with E-state index in [9.17, 15) is 4.79 Å². The molecule has 0 spiro atoms. The number of likely N-dealkylation sites (N-methyl/N-ethyl adjacent to an activating group) is 1. The standard InChI is InChI=1S/C13H28N4O/c1-5-7-12(6-2)9-17(11-18)13(8-14)16(4)10-15-3/h10-13H,5-9,14H2,1-4H3. The van der Waals surface area contributed by atoms with Crippen molar-refractivity contribution in [1.82, 2.24) is 9.80 Å². The summed E-state index contributed by atoms with van der Waals surface area (Å²) in [6.45, 7) is 5.50. The van der Waals surface area contributed by atoms with Gasteiger partial charge in [-0.05, 0) is 12.3 Å². The van der Waals surface area contributed by atoms with Crippen LogP contribution in [-0.4, -0.2) is 55.9 Å². The largest absolute Gasteiger partial charge is 0.344 e. The lowest BCUT2D eigenvalue weighted by atomic mass is 10.00. The molecule has 0 aromatic carbocycles. The van der Waals surface area contributed by atoms with Crippen LogP contribution >= 0.6 is 0 Å². The second-order valence-electron chi connectivity index (χ2n) is 4.62. The van der Waals surface area contributed by atoms with Crippen LogP contribution in [0, 0.1) is 5.92 Å². The monoisotopic (exact) mass is 256 g/mol. The summed E-state index contributed by atoms with van der Waals surface area (Å²) >= 11 is 0. The minimum atomic E-state index is -0.114. The number of carbonyl (C=O) groups excluding carboxylic acids is 1. The lowest BCUT2D eigenvalue weighted by molar-refractivity contribution is -0.123. The van der Waals surface area contributed by atoms with E-state index in [2.05, 4.69) is 18.8 Å². The molecule has 2 N–H and O–H groups in total. The highest BCUT2D eigenvalue weighted by Crippen LogP contribution is 2.14.